The van der Waals surface area contributed by atoms with Gasteiger partial charge < -0.3 is 26.3 Å². The van der Waals surface area contributed by atoms with Gasteiger partial charge in [0.15, 0.2) is 5.11 Å². The maximum absolute atomic E-state index is 4.62. The maximum Gasteiger partial charge on any atom is 2.00 e. The van der Waals surface area contributed by atoms with Gasteiger partial charge in [-0.2, -0.15) is 0 Å². The molecule has 0 aromatic heterocycles. The number of hydrogen-bond donors (Lipinski definition) is 2. The fourth-order valence-corrected chi connectivity index (χ4v) is 0. The van der Waals surface area contributed by atoms with Crippen LogP contribution in [0.15, 0.2) is 0 Å². The van der Waals surface area contributed by atoms with E-state index in [1.165, 1.54) is 0 Å². The predicted molar refractivity (Wildman–Crippen MR) is 33.8 cm³/mol. The Kier molecular flexibility index (Phi) is 60.7. The van der Waals surface area contributed by atoms with E-state index in [1.54, 1.807) is 0 Å². The van der Waals surface area contributed by atoms with Gasteiger partial charge in [0.05, 0.1) is 0 Å². The molecule has 0 aromatic carbocycles. The van der Waals surface area contributed by atoms with Crippen molar-refractivity contribution < 1.29 is 21.1 Å². The molecule has 0 bridgehead atoms. The largest absolute Gasteiger partial charge is 2.00 e. The van der Waals surface area contributed by atoms with Gasteiger partial charge in [-0.1, -0.05) is 0 Å². The predicted octanol–water partition coefficient (Wildman–Crippen LogP) is 0.0868. The summed E-state index contributed by atoms with van der Waals surface area (Å²) in [4.78, 5) is 0. The molecule has 0 radical (unpaired) electrons. The zero-order valence-electron chi connectivity index (χ0n) is 4.38. The molecule has 0 atom stereocenters. The van der Waals surface area contributed by atoms with Crippen LogP contribution >= 0.6 is 12.2 Å². The van der Waals surface area contributed by atoms with E-state index in [4.69, 9.17) is 0 Å². The van der Waals surface area contributed by atoms with Gasteiger partial charge in [0, 0.05) is 0 Å². The van der Waals surface area contributed by atoms with Crippen LogP contribution in [-0.4, -0.2) is 5.11 Å². The monoisotopic (exact) mass is 301 g/mol. The minimum Gasteiger partial charge on any atom is -0.377 e. The first-order valence-corrected chi connectivity index (χ1v) is 1.19. The number of rotatable bonds is 0. The van der Waals surface area contributed by atoms with Crippen LogP contribution in [0.2, 0.25) is 0 Å². The van der Waals surface area contributed by atoms with Crippen LogP contribution in [0.3, 0.4) is 0 Å². The van der Waals surface area contributed by atoms with Crippen molar-refractivity contribution >= 4 is 17.3 Å². The third-order valence-corrected chi connectivity index (χ3v) is 0. The molecule has 2 nitrogen and oxygen atoms in total. The standard InChI is InChI=1S/CH4N2S.2CH3.Pt/c2-1(3)4;;;/h(H4,2,3,4);2*1H3;/q;2*-1;+2. The molecular weight excluding hydrogens is 291 g/mol. The molecule has 4 heteroatoms. The van der Waals surface area contributed by atoms with Crippen molar-refractivity contribution in [3.8, 4) is 0 Å². The first kappa shape index (κ1) is 26.3. The molecule has 7 heavy (non-hydrogen) atoms. The average Bonchev–Trinajstić information content (AvgIpc) is 0.811. The van der Waals surface area contributed by atoms with E-state index < -0.39 is 0 Å². The summed E-state index contributed by atoms with van der Waals surface area (Å²) in [6.07, 6.45) is 0. The first-order valence-electron chi connectivity index (χ1n) is 0.781. The van der Waals surface area contributed by atoms with Crippen LogP contribution in [-0.2, 0) is 21.1 Å². The van der Waals surface area contributed by atoms with E-state index in [9.17, 15) is 0 Å². The van der Waals surface area contributed by atoms with E-state index in [-0.39, 0.29) is 41.0 Å². The Morgan fingerprint density at radius 3 is 1.14 bits per heavy atom. The van der Waals surface area contributed by atoms with Gasteiger partial charge in [-0.25, -0.2) is 0 Å². The Hall–Kier alpha value is 0.378. The van der Waals surface area contributed by atoms with Gasteiger partial charge in [0.25, 0.3) is 0 Å². The van der Waals surface area contributed by atoms with Crippen molar-refractivity contribution in [2.45, 2.75) is 0 Å². The van der Waals surface area contributed by atoms with E-state index in [0.717, 1.165) is 0 Å². The molecule has 4 N–H and O–H groups in total. The Morgan fingerprint density at radius 1 is 1.14 bits per heavy atom. The second kappa shape index (κ2) is 16.2. The molecule has 0 rings (SSSR count). The molecule has 0 fully saturated rings. The number of nitrogens with two attached hydrogens (primary N) is 2. The van der Waals surface area contributed by atoms with Crippen LogP contribution < -0.4 is 11.5 Å². The van der Waals surface area contributed by atoms with Crippen LogP contribution in [0.4, 0.5) is 0 Å². The van der Waals surface area contributed by atoms with Gasteiger partial charge >= 0.3 is 21.1 Å². The zero-order valence-corrected chi connectivity index (χ0v) is 7.47. The molecule has 0 aromatic rings. The molecule has 0 aliphatic heterocycles. The minimum absolute atomic E-state index is 0. The summed E-state index contributed by atoms with van der Waals surface area (Å²) < 4.78 is 0. The van der Waals surface area contributed by atoms with E-state index in [0.29, 0.717) is 0 Å². The molecule has 0 amide bonds. The minimum atomic E-state index is 0. The second-order valence-electron chi connectivity index (χ2n) is 0.402. The molecule has 0 spiro atoms. The molecule has 0 heterocycles. The van der Waals surface area contributed by atoms with Crippen LogP contribution in [0, 0.1) is 14.9 Å². The third kappa shape index (κ3) is 854. The molecule has 0 unspecified atom stereocenters. The van der Waals surface area contributed by atoms with Gasteiger partial charge in [-0.05, 0) is 12.2 Å². The summed E-state index contributed by atoms with van der Waals surface area (Å²) >= 11 is 4.09. The Labute approximate surface area is 64.9 Å². The summed E-state index contributed by atoms with van der Waals surface area (Å²) in [5.41, 5.74) is 9.24. The SMILES string of the molecule is NC(N)=S.[CH3-].[CH3-].[Pt+2]. The first-order chi connectivity index (χ1) is 1.73. The van der Waals surface area contributed by atoms with Crippen LogP contribution in [0.5, 0.6) is 0 Å². The molecule has 0 aliphatic carbocycles. The Morgan fingerprint density at radius 2 is 1.14 bits per heavy atom. The smallest absolute Gasteiger partial charge is 0.377 e. The molecular formula is C3H10N2PtS. The normalized spacial score (nSPS) is 3.43. The molecule has 0 aliphatic rings. The van der Waals surface area contributed by atoms with E-state index in [2.05, 4.69) is 23.7 Å². The molecule has 0 saturated heterocycles. The fraction of sp³-hybridized carbons (Fsp3) is 0. The van der Waals surface area contributed by atoms with Gasteiger partial charge in [0.1, 0.15) is 0 Å². The summed E-state index contributed by atoms with van der Waals surface area (Å²) in [6.45, 7) is 0. The molecule has 48 valence electrons. The fourth-order valence-electron chi connectivity index (χ4n) is 0. The summed E-state index contributed by atoms with van der Waals surface area (Å²) in [7, 11) is 0. The molecule has 0 saturated carbocycles. The van der Waals surface area contributed by atoms with Gasteiger partial charge in [-0.3, -0.25) is 0 Å². The summed E-state index contributed by atoms with van der Waals surface area (Å²) in [5.74, 6) is 0. The quantitative estimate of drug-likeness (QED) is 0.492. The topological polar surface area (TPSA) is 52.0 Å². The number of hydrogen-bond acceptors (Lipinski definition) is 1. The van der Waals surface area contributed by atoms with Crippen molar-refractivity contribution in [2.75, 3.05) is 0 Å². The van der Waals surface area contributed by atoms with Gasteiger partial charge in [-0.15, -0.1) is 0 Å². The van der Waals surface area contributed by atoms with Crippen LogP contribution in [0.25, 0.3) is 0 Å². The van der Waals surface area contributed by atoms with E-state index >= 15 is 0 Å². The Bertz CT molecular complexity index is 35.9. The van der Waals surface area contributed by atoms with Crippen molar-refractivity contribution in [3.63, 3.8) is 0 Å². The third-order valence-electron chi connectivity index (χ3n) is 0. The maximum atomic E-state index is 4.62. The second-order valence-corrected chi connectivity index (χ2v) is 0.874. The van der Waals surface area contributed by atoms with Crippen molar-refractivity contribution in [1.82, 2.24) is 0 Å². The number of thiocarbonyl (C=S) groups is 1. The van der Waals surface area contributed by atoms with Crippen LogP contribution in [0.1, 0.15) is 0 Å². The van der Waals surface area contributed by atoms with Crippen molar-refractivity contribution in [2.24, 2.45) is 11.5 Å². The van der Waals surface area contributed by atoms with Crippen molar-refractivity contribution in [3.05, 3.63) is 14.9 Å². The Balaban J connectivity index is -0.0000000150. The summed E-state index contributed by atoms with van der Waals surface area (Å²) in [6, 6.07) is 0. The average molecular weight is 301 g/mol. The zero-order chi connectivity index (χ0) is 3.58. The van der Waals surface area contributed by atoms with E-state index in [1.807, 2.05) is 0 Å². The van der Waals surface area contributed by atoms with Gasteiger partial charge in [0.2, 0.25) is 0 Å². The summed E-state index contributed by atoms with van der Waals surface area (Å²) in [5, 5.41) is 0.000000000000000222. The van der Waals surface area contributed by atoms with Crippen molar-refractivity contribution in [1.29, 1.82) is 0 Å².